The molecule has 3 saturated heterocycles. The summed E-state index contributed by atoms with van der Waals surface area (Å²) >= 11 is 0. The number of hydrogen-bond acceptors (Lipinski definition) is 4. The molecule has 174 valence electrons. The normalized spacial score (nSPS) is 25.3. The first-order valence-electron chi connectivity index (χ1n) is 12.1. The number of carbonyl (C=O) groups is 2. The van der Waals surface area contributed by atoms with E-state index in [0.717, 1.165) is 54.5 Å². The van der Waals surface area contributed by atoms with Gasteiger partial charge in [0.1, 0.15) is 6.61 Å². The lowest BCUT2D eigenvalue weighted by Crippen LogP contribution is -2.54. The molecule has 0 radical (unpaired) electrons. The van der Waals surface area contributed by atoms with Crippen molar-refractivity contribution < 1.29 is 14.3 Å². The van der Waals surface area contributed by atoms with Crippen LogP contribution in [0.5, 0.6) is 0 Å². The number of aryl methyl sites for hydroxylation is 2. The fourth-order valence-corrected chi connectivity index (χ4v) is 6.33. The molecular formula is C27H33N3O3. The quantitative estimate of drug-likeness (QED) is 0.690. The molecular weight excluding hydrogens is 414 g/mol. The summed E-state index contributed by atoms with van der Waals surface area (Å²) in [6.07, 6.45) is 4.15. The zero-order valence-electron chi connectivity index (χ0n) is 19.5. The molecule has 3 aliphatic heterocycles. The van der Waals surface area contributed by atoms with Crippen LogP contribution in [0.4, 0.5) is 4.79 Å². The molecule has 5 rings (SSSR count). The van der Waals surface area contributed by atoms with Crippen molar-refractivity contribution in [2.24, 2.45) is 0 Å². The number of carbonyl (C=O) groups excluding carboxylic acids is 2. The van der Waals surface area contributed by atoms with Crippen LogP contribution in [-0.4, -0.2) is 59.6 Å². The van der Waals surface area contributed by atoms with Crippen molar-refractivity contribution in [3.05, 3.63) is 70.8 Å². The first kappa shape index (κ1) is 22.0. The Hall–Kier alpha value is -2.86. The van der Waals surface area contributed by atoms with Crippen LogP contribution in [0.25, 0.3) is 0 Å². The van der Waals surface area contributed by atoms with Gasteiger partial charge in [-0.3, -0.25) is 9.69 Å². The van der Waals surface area contributed by atoms with Gasteiger partial charge in [0.15, 0.2) is 0 Å². The Morgan fingerprint density at radius 2 is 1.76 bits per heavy atom. The summed E-state index contributed by atoms with van der Waals surface area (Å²) in [5, 5.41) is 3.47. The van der Waals surface area contributed by atoms with Crippen LogP contribution in [0.15, 0.2) is 48.5 Å². The molecule has 2 aromatic carbocycles. The summed E-state index contributed by atoms with van der Waals surface area (Å²) in [5.41, 5.74) is 3.77. The average Bonchev–Trinajstić information content (AvgIpc) is 3.49. The third kappa shape index (κ3) is 3.90. The number of ether oxygens (including phenoxy) is 1. The molecule has 2 amide bonds. The van der Waals surface area contributed by atoms with E-state index in [0.29, 0.717) is 25.7 Å². The van der Waals surface area contributed by atoms with Crippen LogP contribution in [0.2, 0.25) is 0 Å². The van der Waals surface area contributed by atoms with Crippen molar-refractivity contribution in [2.75, 3.05) is 26.2 Å². The Bertz CT molecular complexity index is 1010. The zero-order chi connectivity index (χ0) is 23.0. The smallest absolute Gasteiger partial charge is 0.409 e. The van der Waals surface area contributed by atoms with Crippen molar-refractivity contribution in [1.29, 1.82) is 0 Å². The SMILES string of the molecule is Cc1cccc(C)c1C(=O)NC(c1ccccc1)C12CCC(CC1)N2CCN1CCOC1=O. The molecule has 3 heterocycles. The van der Waals surface area contributed by atoms with E-state index in [9.17, 15) is 9.59 Å². The van der Waals surface area contributed by atoms with Gasteiger partial charge in [-0.1, -0.05) is 48.5 Å². The van der Waals surface area contributed by atoms with Crippen molar-refractivity contribution >= 4 is 12.0 Å². The maximum Gasteiger partial charge on any atom is 0.409 e. The fraction of sp³-hybridized carbons (Fsp3) is 0.481. The van der Waals surface area contributed by atoms with Crippen LogP contribution >= 0.6 is 0 Å². The predicted octanol–water partition coefficient (Wildman–Crippen LogP) is 4.22. The number of fused-ring (bicyclic) bond motifs is 2. The van der Waals surface area contributed by atoms with E-state index in [1.54, 1.807) is 4.90 Å². The lowest BCUT2D eigenvalue weighted by molar-refractivity contribution is 0.0755. The van der Waals surface area contributed by atoms with Crippen LogP contribution in [0.1, 0.15) is 58.8 Å². The fourth-order valence-electron chi connectivity index (χ4n) is 6.33. The lowest BCUT2D eigenvalue weighted by atomic mass is 9.78. The number of cyclic esters (lactones) is 1. The Kier molecular flexibility index (Phi) is 5.87. The molecule has 6 nitrogen and oxygen atoms in total. The second-order valence-corrected chi connectivity index (χ2v) is 9.71. The van der Waals surface area contributed by atoms with Gasteiger partial charge in [0.25, 0.3) is 5.91 Å². The molecule has 6 heteroatoms. The Morgan fingerprint density at radius 1 is 1.06 bits per heavy atom. The largest absolute Gasteiger partial charge is 0.448 e. The van der Waals surface area contributed by atoms with Gasteiger partial charge < -0.3 is 15.0 Å². The van der Waals surface area contributed by atoms with E-state index in [1.807, 2.05) is 38.1 Å². The highest BCUT2D eigenvalue weighted by Crippen LogP contribution is 2.52. The Labute approximate surface area is 195 Å². The van der Waals surface area contributed by atoms with Gasteiger partial charge in [0, 0.05) is 30.2 Å². The second-order valence-electron chi connectivity index (χ2n) is 9.71. The molecule has 33 heavy (non-hydrogen) atoms. The van der Waals surface area contributed by atoms with Gasteiger partial charge in [0.2, 0.25) is 0 Å². The standard InChI is InChI=1S/C27H33N3O3/c1-19-7-6-8-20(2)23(19)25(31)28-24(21-9-4-3-5-10-21)27-13-11-22(12-14-27)30(27)16-15-29-17-18-33-26(29)32/h3-10,22,24H,11-18H2,1-2H3,(H,28,31). The molecule has 0 spiro atoms. The summed E-state index contributed by atoms with van der Waals surface area (Å²) in [6, 6.07) is 16.8. The third-order valence-electron chi connectivity index (χ3n) is 7.94. The van der Waals surface area contributed by atoms with E-state index in [2.05, 4.69) is 34.5 Å². The van der Waals surface area contributed by atoms with Gasteiger partial charge in [-0.2, -0.15) is 0 Å². The second kappa shape index (κ2) is 8.82. The van der Waals surface area contributed by atoms with E-state index in [-0.39, 0.29) is 23.6 Å². The molecule has 3 fully saturated rings. The summed E-state index contributed by atoms with van der Waals surface area (Å²) < 4.78 is 5.13. The van der Waals surface area contributed by atoms with Crippen LogP contribution < -0.4 is 5.32 Å². The first-order valence-corrected chi connectivity index (χ1v) is 12.1. The summed E-state index contributed by atoms with van der Waals surface area (Å²) in [7, 11) is 0. The zero-order valence-corrected chi connectivity index (χ0v) is 19.5. The van der Waals surface area contributed by atoms with Gasteiger partial charge in [-0.05, 0) is 56.2 Å². The molecule has 0 saturated carbocycles. The minimum Gasteiger partial charge on any atom is -0.448 e. The van der Waals surface area contributed by atoms with E-state index in [4.69, 9.17) is 4.74 Å². The van der Waals surface area contributed by atoms with Crippen LogP contribution in [-0.2, 0) is 4.74 Å². The number of nitrogens with one attached hydrogen (secondary N) is 1. The van der Waals surface area contributed by atoms with Crippen molar-refractivity contribution in [3.8, 4) is 0 Å². The van der Waals surface area contributed by atoms with Crippen LogP contribution in [0, 0.1) is 13.8 Å². The minimum atomic E-state index is -0.210. The first-order chi connectivity index (χ1) is 16.0. The topological polar surface area (TPSA) is 61.9 Å². The lowest BCUT2D eigenvalue weighted by Gasteiger charge is -2.43. The average molecular weight is 448 g/mol. The van der Waals surface area contributed by atoms with E-state index in [1.165, 1.54) is 0 Å². The molecule has 2 aromatic rings. The van der Waals surface area contributed by atoms with E-state index >= 15 is 0 Å². The van der Waals surface area contributed by atoms with Gasteiger partial charge >= 0.3 is 6.09 Å². The van der Waals surface area contributed by atoms with Gasteiger partial charge in [-0.15, -0.1) is 0 Å². The molecule has 1 unspecified atom stereocenters. The third-order valence-corrected chi connectivity index (χ3v) is 7.94. The maximum absolute atomic E-state index is 13.6. The van der Waals surface area contributed by atoms with Crippen LogP contribution in [0.3, 0.4) is 0 Å². The maximum atomic E-state index is 13.6. The number of hydrogen-bond donors (Lipinski definition) is 1. The summed E-state index contributed by atoms with van der Waals surface area (Å²) in [6.45, 7) is 6.62. The highest BCUT2D eigenvalue weighted by Gasteiger charge is 2.56. The van der Waals surface area contributed by atoms with Gasteiger partial charge in [0.05, 0.1) is 12.6 Å². The predicted molar refractivity (Wildman–Crippen MR) is 127 cm³/mol. The number of amides is 2. The van der Waals surface area contributed by atoms with Crippen molar-refractivity contribution in [3.63, 3.8) is 0 Å². The summed E-state index contributed by atoms with van der Waals surface area (Å²) in [4.78, 5) is 30.0. The molecule has 1 atom stereocenters. The highest BCUT2D eigenvalue weighted by atomic mass is 16.6. The molecule has 3 aliphatic rings. The van der Waals surface area contributed by atoms with Crippen molar-refractivity contribution in [2.45, 2.75) is 57.2 Å². The number of benzene rings is 2. The monoisotopic (exact) mass is 447 g/mol. The molecule has 0 aromatic heterocycles. The molecule has 2 bridgehead atoms. The molecule has 1 N–H and O–H groups in total. The van der Waals surface area contributed by atoms with Crippen molar-refractivity contribution in [1.82, 2.24) is 15.1 Å². The number of rotatable bonds is 7. The Morgan fingerprint density at radius 3 is 2.39 bits per heavy atom. The minimum absolute atomic E-state index is 0.00718. The summed E-state index contributed by atoms with van der Waals surface area (Å²) in [5.74, 6) is -0.00718. The van der Waals surface area contributed by atoms with E-state index < -0.39 is 0 Å². The molecule has 0 aliphatic carbocycles. The van der Waals surface area contributed by atoms with Gasteiger partial charge in [-0.25, -0.2) is 4.79 Å². The number of nitrogens with zero attached hydrogens (tertiary/aromatic N) is 2. The highest BCUT2D eigenvalue weighted by molar-refractivity contribution is 5.97. The Balaban J connectivity index is 1.45.